The average Bonchev–Trinajstić information content (AvgIpc) is 3.25. The zero-order valence-corrected chi connectivity index (χ0v) is 20.6. The number of aromatic nitrogens is 2. The van der Waals surface area contributed by atoms with Crippen LogP contribution in [0.3, 0.4) is 0 Å². The van der Waals surface area contributed by atoms with Gasteiger partial charge in [0, 0.05) is 36.3 Å². The Hall–Kier alpha value is -3.43. The number of amides is 1. The molecule has 0 bridgehead atoms. The molecule has 0 saturated carbocycles. The number of H-pyrrole nitrogens is 1. The van der Waals surface area contributed by atoms with Gasteiger partial charge in [0.05, 0.1) is 23.9 Å². The fraction of sp³-hybridized carbons (Fsp3) is 0.393. The SMILES string of the molecule is CC.Cc1ccc(C(=O)N2CCC(c3ccc(C#N)cc3)CC2)cc1-c1nc(CCO)[nH]c1C. The number of hydrogen-bond acceptors (Lipinski definition) is 4. The van der Waals surface area contributed by atoms with Gasteiger partial charge in [-0.2, -0.15) is 5.26 Å². The first-order chi connectivity index (χ1) is 16.5. The van der Waals surface area contributed by atoms with Crippen LogP contribution >= 0.6 is 0 Å². The number of aliphatic hydroxyl groups excluding tert-OH is 1. The van der Waals surface area contributed by atoms with Crippen molar-refractivity contribution in [2.75, 3.05) is 19.7 Å². The molecule has 0 atom stereocenters. The third kappa shape index (κ3) is 5.55. The summed E-state index contributed by atoms with van der Waals surface area (Å²) in [7, 11) is 0. The predicted octanol–water partition coefficient (Wildman–Crippen LogP) is 5.15. The number of nitrogens with zero attached hydrogens (tertiary/aromatic N) is 3. The number of rotatable bonds is 5. The van der Waals surface area contributed by atoms with E-state index in [9.17, 15) is 9.90 Å². The van der Waals surface area contributed by atoms with E-state index in [1.54, 1.807) is 0 Å². The fourth-order valence-corrected chi connectivity index (χ4v) is 4.45. The summed E-state index contributed by atoms with van der Waals surface area (Å²) in [4.78, 5) is 23.0. The van der Waals surface area contributed by atoms with Crippen molar-refractivity contribution in [2.24, 2.45) is 0 Å². The first kappa shape index (κ1) is 25.2. The van der Waals surface area contributed by atoms with Crippen molar-refractivity contribution in [3.05, 3.63) is 76.2 Å². The Bertz CT molecular complexity index is 1150. The number of piperidine rings is 1. The van der Waals surface area contributed by atoms with Crippen molar-refractivity contribution in [3.63, 3.8) is 0 Å². The number of aryl methyl sites for hydroxylation is 2. The van der Waals surface area contributed by atoms with Crippen LogP contribution in [-0.4, -0.2) is 45.6 Å². The van der Waals surface area contributed by atoms with E-state index in [0.29, 0.717) is 23.5 Å². The first-order valence-electron chi connectivity index (χ1n) is 12.1. The summed E-state index contributed by atoms with van der Waals surface area (Å²) in [5, 5.41) is 18.2. The second kappa shape index (κ2) is 11.6. The molecule has 4 rings (SSSR count). The van der Waals surface area contributed by atoms with Gasteiger partial charge in [-0.3, -0.25) is 4.79 Å². The van der Waals surface area contributed by atoms with Gasteiger partial charge in [-0.05, 0) is 68.0 Å². The number of nitriles is 1. The Kier molecular flexibility index (Phi) is 8.61. The molecule has 2 N–H and O–H groups in total. The molecule has 1 saturated heterocycles. The number of imidazole rings is 1. The Morgan fingerprint density at radius 3 is 2.44 bits per heavy atom. The summed E-state index contributed by atoms with van der Waals surface area (Å²) in [5.74, 6) is 1.21. The lowest BCUT2D eigenvalue weighted by molar-refractivity contribution is 0.0713. The van der Waals surface area contributed by atoms with E-state index >= 15 is 0 Å². The molecule has 0 radical (unpaired) electrons. The molecule has 6 heteroatoms. The number of aromatic amines is 1. The quantitative estimate of drug-likeness (QED) is 0.553. The molecule has 3 aromatic rings. The van der Waals surface area contributed by atoms with Gasteiger partial charge in [-0.1, -0.05) is 32.0 Å². The van der Waals surface area contributed by atoms with Gasteiger partial charge in [-0.25, -0.2) is 4.98 Å². The molecule has 2 aromatic carbocycles. The van der Waals surface area contributed by atoms with E-state index in [1.165, 1.54) is 5.56 Å². The zero-order chi connectivity index (χ0) is 24.7. The Morgan fingerprint density at radius 1 is 1.15 bits per heavy atom. The largest absolute Gasteiger partial charge is 0.396 e. The first-order valence-corrected chi connectivity index (χ1v) is 12.1. The van der Waals surface area contributed by atoms with Gasteiger partial charge < -0.3 is 15.0 Å². The second-order valence-corrected chi connectivity index (χ2v) is 8.46. The topological polar surface area (TPSA) is 93.0 Å². The molecule has 1 aliphatic rings. The Morgan fingerprint density at radius 2 is 1.82 bits per heavy atom. The third-order valence-electron chi connectivity index (χ3n) is 6.32. The van der Waals surface area contributed by atoms with Gasteiger partial charge in [-0.15, -0.1) is 0 Å². The van der Waals surface area contributed by atoms with E-state index in [1.807, 2.05) is 75.1 Å². The number of likely N-dealkylation sites (tertiary alicyclic amines) is 1. The van der Waals surface area contributed by atoms with Gasteiger partial charge in [0.15, 0.2) is 0 Å². The van der Waals surface area contributed by atoms with Crippen LogP contribution in [0.1, 0.15) is 71.2 Å². The minimum atomic E-state index is 0.0440. The van der Waals surface area contributed by atoms with Crippen molar-refractivity contribution >= 4 is 5.91 Å². The maximum absolute atomic E-state index is 13.2. The number of benzene rings is 2. The van der Waals surface area contributed by atoms with E-state index in [2.05, 4.69) is 16.0 Å². The van der Waals surface area contributed by atoms with Crippen molar-refractivity contribution in [1.29, 1.82) is 5.26 Å². The normalized spacial score (nSPS) is 13.7. The highest BCUT2D eigenvalue weighted by atomic mass is 16.3. The number of carbonyl (C=O) groups excluding carboxylic acids is 1. The van der Waals surface area contributed by atoms with Crippen LogP contribution in [0.25, 0.3) is 11.3 Å². The van der Waals surface area contributed by atoms with Gasteiger partial charge in [0.1, 0.15) is 5.82 Å². The number of carbonyl (C=O) groups is 1. The van der Waals surface area contributed by atoms with E-state index < -0.39 is 0 Å². The summed E-state index contributed by atoms with van der Waals surface area (Å²) in [6.45, 7) is 9.46. The molecule has 1 fully saturated rings. The van der Waals surface area contributed by atoms with E-state index in [4.69, 9.17) is 5.26 Å². The molecule has 34 heavy (non-hydrogen) atoms. The lowest BCUT2D eigenvalue weighted by atomic mass is 9.88. The van der Waals surface area contributed by atoms with Crippen LogP contribution < -0.4 is 0 Å². The molecular formula is C28H34N4O2. The molecular weight excluding hydrogens is 424 g/mol. The van der Waals surface area contributed by atoms with Gasteiger partial charge in [0.2, 0.25) is 0 Å². The summed E-state index contributed by atoms with van der Waals surface area (Å²) in [6.07, 6.45) is 2.31. The number of nitrogens with one attached hydrogen (secondary N) is 1. The second-order valence-electron chi connectivity index (χ2n) is 8.46. The molecule has 2 heterocycles. The molecule has 6 nitrogen and oxygen atoms in total. The minimum Gasteiger partial charge on any atom is -0.396 e. The lowest BCUT2D eigenvalue weighted by Crippen LogP contribution is -2.37. The number of aliphatic hydroxyl groups is 1. The van der Waals surface area contributed by atoms with Crippen molar-refractivity contribution in [3.8, 4) is 17.3 Å². The molecule has 1 aromatic heterocycles. The molecule has 178 valence electrons. The smallest absolute Gasteiger partial charge is 0.253 e. The van der Waals surface area contributed by atoms with Gasteiger partial charge >= 0.3 is 0 Å². The lowest BCUT2D eigenvalue weighted by Gasteiger charge is -2.32. The standard InChI is InChI=1S/C26H28N4O2.C2H6/c1-17-3-6-22(15-23(17)25-18(2)28-24(29-25)11-14-31)26(32)30-12-9-21(10-13-30)20-7-4-19(16-27)5-8-20;1-2/h3-8,15,21,31H,9-14H2,1-2H3,(H,28,29);1-2H3. The van der Waals surface area contributed by atoms with Crippen LogP contribution in [0.2, 0.25) is 0 Å². The zero-order valence-electron chi connectivity index (χ0n) is 20.6. The van der Waals surface area contributed by atoms with Crippen LogP contribution in [0, 0.1) is 25.2 Å². The van der Waals surface area contributed by atoms with Crippen LogP contribution in [0.5, 0.6) is 0 Å². The summed E-state index contributed by atoms with van der Waals surface area (Å²) in [5.41, 5.74) is 6.36. The monoisotopic (exact) mass is 458 g/mol. The van der Waals surface area contributed by atoms with Crippen LogP contribution in [0.15, 0.2) is 42.5 Å². The van der Waals surface area contributed by atoms with Crippen LogP contribution in [0.4, 0.5) is 0 Å². The Labute approximate surface area is 202 Å². The summed E-state index contributed by atoms with van der Waals surface area (Å²) < 4.78 is 0. The minimum absolute atomic E-state index is 0.0440. The highest BCUT2D eigenvalue weighted by Crippen LogP contribution is 2.30. The van der Waals surface area contributed by atoms with Crippen molar-refractivity contribution in [1.82, 2.24) is 14.9 Å². The number of hydrogen-bond donors (Lipinski definition) is 2. The van der Waals surface area contributed by atoms with E-state index in [0.717, 1.165) is 54.3 Å². The molecule has 1 amide bonds. The van der Waals surface area contributed by atoms with E-state index in [-0.39, 0.29) is 12.5 Å². The van der Waals surface area contributed by atoms with Crippen LogP contribution in [-0.2, 0) is 6.42 Å². The van der Waals surface area contributed by atoms with Crippen molar-refractivity contribution < 1.29 is 9.90 Å². The average molecular weight is 459 g/mol. The third-order valence-corrected chi connectivity index (χ3v) is 6.32. The highest BCUT2D eigenvalue weighted by Gasteiger charge is 2.25. The van der Waals surface area contributed by atoms with Gasteiger partial charge in [0.25, 0.3) is 5.91 Å². The summed E-state index contributed by atoms with van der Waals surface area (Å²) in [6, 6.07) is 15.8. The molecule has 0 aliphatic carbocycles. The highest BCUT2D eigenvalue weighted by molar-refractivity contribution is 5.95. The fourth-order valence-electron chi connectivity index (χ4n) is 4.45. The predicted molar refractivity (Wildman–Crippen MR) is 135 cm³/mol. The molecule has 0 spiro atoms. The maximum Gasteiger partial charge on any atom is 0.253 e. The maximum atomic E-state index is 13.2. The van der Waals surface area contributed by atoms with Crippen molar-refractivity contribution in [2.45, 2.75) is 52.9 Å². The Balaban J connectivity index is 0.00000158. The summed E-state index contributed by atoms with van der Waals surface area (Å²) >= 11 is 0. The molecule has 0 unspecified atom stereocenters. The molecule has 1 aliphatic heterocycles.